The molecular formula is C36H69N9O18S2. The average Bonchev–Trinajstić information content (AvgIpc) is 3.67. The van der Waals surface area contributed by atoms with Gasteiger partial charge in [0.15, 0.2) is 11.6 Å². The lowest BCUT2D eigenvalue weighted by Gasteiger charge is -2.10. The van der Waals surface area contributed by atoms with Gasteiger partial charge in [0.05, 0.1) is 37.0 Å². The Morgan fingerprint density at radius 2 is 0.954 bits per heavy atom. The summed E-state index contributed by atoms with van der Waals surface area (Å²) in [5.41, 5.74) is 9.00. The lowest BCUT2D eigenvalue weighted by atomic mass is 10.2. The Kier molecular flexibility index (Phi) is 61.5. The number of allylic oxidation sites excluding steroid dienone is 2. The number of hydrogen-bond acceptors (Lipinski definition) is 18. The largest absolute Gasteiger partial charge is 0.481 e. The number of rotatable bonds is 18. The van der Waals surface area contributed by atoms with Crippen molar-refractivity contribution >= 4 is 94.5 Å². The van der Waals surface area contributed by atoms with Gasteiger partial charge in [0.2, 0.25) is 29.5 Å². The summed E-state index contributed by atoms with van der Waals surface area (Å²) in [6, 6.07) is -1.44. The normalized spacial score (nSPS) is 11.8. The summed E-state index contributed by atoms with van der Waals surface area (Å²) >= 11 is 2.40. The number of amides is 5. The molecule has 0 aromatic heterocycles. The predicted octanol–water partition coefficient (Wildman–Crippen LogP) is -4.75. The minimum absolute atomic E-state index is 0. The van der Waals surface area contributed by atoms with Gasteiger partial charge in [-0.3, -0.25) is 52.7 Å². The zero-order valence-electron chi connectivity index (χ0n) is 38.3. The monoisotopic (exact) mass is 979 g/mol. The molecule has 1 aliphatic carbocycles. The quantitative estimate of drug-likeness (QED) is 0.0453. The van der Waals surface area contributed by atoms with Gasteiger partial charge in [-0.05, 0) is 52.9 Å². The molecule has 65 heavy (non-hydrogen) atoms. The van der Waals surface area contributed by atoms with Crippen molar-refractivity contribution in [1.82, 2.24) is 37.2 Å². The fraction of sp³-hybridized carbons (Fsp3) is 0.556. The third-order valence-electron chi connectivity index (χ3n) is 6.43. The van der Waals surface area contributed by atoms with Gasteiger partial charge in [-0.2, -0.15) is 11.8 Å². The lowest BCUT2D eigenvalue weighted by Crippen LogP contribution is -2.42. The molecule has 1 rings (SSSR count). The van der Waals surface area contributed by atoms with Gasteiger partial charge >= 0.3 is 29.8 Å². The minimum Gasteiger partial charge on any atom is -0.481 e. The molecule has 0 saturated carbocycles. The molecule has 0 radical (unpaired) electrons. The molecule has 4 atom stereocenters. The first-order valence-corrected chi connectivity index (χ1v) is 20.6. The van der Waals surface area contributed by atoms with Gasteiger partial charge < -0.3 is 79.7 Å². The first kappa shape index (κ1) is 76.3. The highest BCUT2D eigenvalue weighted by Gasteiger charge is 2.20. The Bertz CT molecular complexity index is 1410. The van der Waals surface area contributed by atoms with E-state index in [4.69, 9.17) is 25.5 Å². The van der Waals surface area contributed by atoms with Gasteiger partial charge in [0.1, 0.15) is 11.3 Å². The van der Waals surface area contributed by atoms with Crippen molar-refractivity contribution in [2.75, 3.05) is 75.9 Å². The summed E-state index contributed by atoms with van der Waals surface area (Å²) < 4.78 is 0. The predicted molar refractivity (Wildman–Crippen MR) is 244 cm³/mol. The Labute approximate surface area is 385 Å². The lowest BCUT2D eigenvalue weighted by molar-refractivity contribution is -0.141. The molecule has 27 nitrogen and oxygen atoms in total. The van der Waals surface area contributed by atoms with Crippen LogP contribution in [-0.4, -0.2) is 200 Å². The Hall–Kier alpha value is -5.98. The molecule has 378 valence electrons. The maximum absolute atomic E-state index is 10.9. The third kappa shape index (κ3) is 54.1. The number of likely N-dealkylation sites (N-methyl/N-ethyl adjacent to an activating group) is 4. The molecule has 0 fully saturated rings. The van der Waals surface area contributed by atoms with Crippen LogP contribution in [0, 0.1) is 0 Å². The van der Waals surface area contributed by atoms with Crippen molar-refractivity contribution in [3.63, 3.8) is 0 Å². The molecule has 0 saturated heterocycles. The second kappa shape index (κ2) is 52.4. The van der Waals surface area contributed by atoms with Crippen molar-refractivity contribution in [2.24, 2.45) is 11.5 Å². The molecule has 0 aromatic rings. The van der Waals surface area contributed by atoms with E-state index in [2.05, 4.69) is 48.7 Å². The highest BCUT2D eigenvalue weighted by Crippen LogP contribution is 2.11. The maximum atomic E-state index is 10.9. The summed E-state index contributed by atoms with van der Waals surface area (Å²) in [5, 5.41) is 57.4. The molecule has 5 amide bonds. The molecule has 18 N–H and O–H groups in total. The van der Waals surface area contributed by atoms with E-state index in [0.717, 1.165) is 23.9 Å². The molecule has 1 aliphatic rings. The van der Waals surface area contributed by atoms with Crippen LogP contribution >= 0.6 is 23.5 Å². The highest BCUT2D eigenvalue weighted by molar-refractivity contribution is 8.00. The van der Waals surface area contributed by atoms with Gasteiger partial charge in [-0.1, -0.05) is 0 Å². The van der Waals surface area contributed by atoms with Gasteiger partial charge in [-0.25, -0.2) is 4.79 Å². The molecule has 0 spiro atoms. The molecule has 0 aliphatic heterocycles. The van der Waals surface area contributed by atoms with Crippen LogP contribution in [0.15, 0.2) is 24.3 Å². The fourth-order valence-corrected chi connectivity index (χ4v) is 4.29. The molecule has 29 heteroatoms. The summed E-state index contributed by atoms with van der Waals surface area (Å²) in [6.07, 6.45) is 7.47. The highest BCUT2D eigenvalue weighted by atomic mass is 32.2. The van der Waals surface area contributed by atoms with Crippen molar-refractivity contribution in [3.05, 3.63) is 24.3 Å². The van der Waals surface area contributed by atoms with E-state index in [-0.39, 0.29) is 72.8 Å². The summed E-state index contributed by atoms with van der Waals surface area (Å²) in [7, 11) is 13.4. The van der Waals surface area contributed by atoms with Crippen molar-refractivity contribution < 1.29 is 88.5 Å². The van der Waals surface area contributed by atoms with Crippen LogP contribution in [0.3, 0.4) is 0 Å². The molecule has 0 aromatic carbocycles. The Balaban J connectivity index is -0.0000000984. The zero-order chi connectivity index (χ0) is 52.0. The van der Waals surface area contributed by atoms with Crippen LogP contribution in [0.25, 0.3) is 0 Å². The number of thioether (sulfide) groups is 2. The summed E-state index contributed by atoms with van der Waals surface area (Å²) in [6.45, 7) is 0. The first-order valence-electron chi connectivity index (χ1n) is 18.1. The maximum Gasteiger partial charge on any atom is 0.328 e. The zero-order valence-corrected chi connectivity index (χ0v) is 39.9. The van der Waals surface area contributed by atoms with Crippen LogP contribution in [0.4, 0.5) is 0 Å². The van der Waals surface area contributed by atoms with E-state index in [9.17, 15) is 57.5 Å². The van der Waals surface area contributed by atoms with Crippen LogP contribution < -0.4 is 48.7 Å². The smallest absolute Gasteiger partial charge is 0.328 e. The second-order valence-corrected chi connectivity index (χ2v) is 12.8. The second-order valence-electron chi connectivity index (χ2n) is 10.7. The number of carboxylic acid groups (broad SMARTS) is 5. The molecule has 4 unspecified atom stereocenters. The van der Waals surface area contributed by atoms with Crippen molar-refractivity contribution in [2.45, 2.75) is 54.7 Å². The van der Waals surface area contributed by atoms with Crippen LogP contribution in [-0.2, 0) is 57.5 Å². The van der Waals surface area contributed by atoms with E-state index >= 15 is 0 Å². The topological polar surface area (TPSA) is 474 Å². The number of ketones is 2. The number of nitrogens with two attached hydrogens (primary N) is 2. The number of hydrogen-bond donors (Lipinski definition) is 14. The minimum atomic E-state index is -1.13. The van der Waals surface area contributed by atoms with E-state index in [1.807, 2.05) is 0 Å². The van der Waals surface area contributed by atoms with Gasteiger partial charge in [0, 0.05) is 53.8 Å². The SMILES string of the molecule is CN.CN.CNC(=O)/C=C\C(=O)O.CNC(=O)C(CC(=O)O)NC.CNC(=O)C(CC(=O)O)SC.CNC(=O)CC(NC)C(=O)O.CNC(=O)CC(SC)C(=O)O.O.O=C1C=CC(=O)C1. The molecule has 0 heterocycles. The number of carbonyl (C=O) groups is 12. The van der Waals surface area contributed by atoms with Crippen LogP contribution in [0.1, 0.15) is 32.1 Å². The number of carboxylic acids is 5. The van der Waals surface area contributed by atoms with E-state index in [1.165, 1.54) is 80.3 Å². The molecule has 0 bridgehead atoms. The van der Waals surface area contributed by atoms with E-state index < -0.39 is 58.3 Å². The average molecular weight is 980 g/mol. The third-order valence-corrected chi connectivity index (χ3v) is 8.31. The summed E-state index contributed by atoms with van der Waals surface area (Å²) in [5.74, 6) is -6.68. The van der Waals surface area contributed by atoms with E-state index in [0.29, 0.717) is 0 Å². The van der Waals surface area contributed by atoms with E-state index in [1.54, 1.807) is 19.6 Å². The van der Waals surface area contributed by atoms with Crippen LogP contribution in [0.5, 0.6) is 0 Å². The molecular weight excluding hydrogens is 911 g/mol. The van der Waals surface area contributed by atoms with Crippen molar-refractivity contribution in [3.8, 4) is 0 Å². The van der Waals surface area contributed by atoms with Gasteiger partial charge in [0.25, 0.3) is 0 Å². The fourth-order valence-electron chi connectivity index (χ4n) is 3.13. The number of aliphatic carboxylic acids is 5. The Morgan fingerprint density at radius 3 is 1.20 bits per heavy atom. The van der Waals surface area contributed by atoms with Gasteiger partial charge in [-0.15, -0.1) is 11.8 Å². The van der Waals surface area contributed by atoms with Crippen molar-refractivity contribution in [1.29, 1.82) is 0 Å². The first-order chi connectivity index (χ1) is 29.9. The number of carbonyl (C=O) groups excluding carboxylic acids is 7. The number of nitrogens with one attached hydrogen (secondary N) is 7. The standard InChI is InChI=1S/2C6H12N2O3.2C6H11NO3S.C5H7NO3.C5H4O2.2CH5N.H2O/c1-7-4(3-5(9)10)6(11)8-2;1-7-4(6(10)11)3-5(9)8-2;1-7-6(10)4(11-2)3-5(8)9;1-7-5(8)3-4(11-2)6(9)10;1-6-4(7)2-3-5(8)9;6-4-1-2-5(7)3-4;2*1-2;/h4,7H,3H2,1-2H3,(H,8,11)(H,9,10);4,7H,3H2,1-2H3,(H,8,9)(H,10,11);4H,3H2,1-2H3,(H,7,10)(H,8,9);4H,3H2,1-2H3,(H,7,8)(H,9,10);2-3H,1H3,(H,6,7)(H,8,9);1-2H,3H2;2*2H2,1H3;1H2/b;;;;3-2-;;;;. The van der Waals surface area contributed by atoms with Crippen LogP contribution in [0.2, 0.25) is 0 Å². The Morgan fingerprint density at radius 1 is 0.554 bits per heavy atom. The summed E-state index contributed by atoms with van der Waals surface area (Å²) in [4.78, 5) is 124.